The number of aromatic nitrogens is 1. The van der Waals surface area contributed by atoms with Gasteiger partial charge in [0.1, 0.15) is 0 Å². The first-order valence-corrected chi connectivity index (χ1v) is 6.36. The number of ether oxygens (including phenoxy) is 2. The van der Waals surface area contributed by atoms with Crippen LogP contribution in [0.1, 0.15) is 5.56 Å². The van der Waals surface area contributed by atoms with E-state index in [9.17, 15) is 4.79 Å². The Morgan fingerprint density at radius 2 is 1.90 bits per heavy atom. The summed E-state index contributed by atoms with van der Waals surface area (Å²) in [7, 11) is 0. The van der Waals surface area contributed by atoms with Crippen LogP contribution in [0.5, 0.6) is 11.5 Å². The van der Waals surface area contributed by atoms with Crippen molar-refractivity contribution < 1.29 is 18.8 Å². The minimum Gasteiger partial charge on any atom is -0.454 e. The Labute approximate surface area is 128 Å². The molecule has 6 heteroatoms. The Bertz CT molecular complexity index is 644. The standard InChI is InChI=1S/C15H14N2O3.ClH/c1-11-4-6-17(7-5-11)9-15(18)16-12-2-3-13-14(8-12)20-10-19-13;/h2-8H,9-10H2,1H3;1H/p+1. The highest BCUT2D eigenvalue weighted by molar-refractivity contribution is 5.90. The number of benzene rings is 1. The molecule has 1 aromatic carbocycles. The summed E-state index contributed by atoms with van der Waals surface area (Å²) < 4.78 is 12.3. The molecule has 0 fully saturated rings. The first-order chi connectivity index (χ1) is 9.70. The second kappa shape index (κ2) is 6.45. The Morgan fingerprint density at radius 1 is 1.19 bits per heavy atom. The zero-order valence-corrected chi connectivity index (χ0v) is 12.4. The largest absolute Gasteiger partial charge is 0.454 e. The molecule has 2 heterocycles. The number of carbonyl (C=O) groups is 1. The molecule has 3 rings (SSSR count). The van der Waals surface area contributed by atoms with Gasteiger partial charge in [0.15, 0.2) is 23.9 Å². The molecule has 5 nitrogen and oxygen atoms in total. The maximum atomic E-state index is 12.0. The van der Waals surface area contributed by atoms with Crippen molar-refractivity contribution in [1.82, 2.24) is 0 Å². The third kappa shape index (κ3) is 3.64. The third-order valence-corrected chi connectivity index (χ3v) is 3.04. The van der Waals surface area contributed by atoms with Crippen molar-refractivity contribution in [1.29, 1.82) is 0 Å². The van der Waals surface area contributed by atoms with Crippen molar-refractivity contribution in [3.8, 4) is 11.5 Å². The molecule has 1 aromatic heterocycles. The van der Waals surface area contributed by atoms with Crippen LogP contribution in [0.4, 0.5) is 5.69 Å². The highest BCUT2D eigenvalue weighted by Crippen LogP contribution is 2.34. The Kier molecular flexibility index (Phi) is 4.65. The van der Waals surface area contributed by atoms with Crippen molar-refractivity contribution >= 4 is 24.0 Å². The minimum absolute atomic E-state index is 0. The highest BCUT2D eigenvalue weighted by Gasteiger charge is 2.15. The molecule has 0 spiro atoms. The normalized spacial score (nSPS) is 11.7. The van der Waals surface area contributed by atoms with E-state index in [1.165, 1.54) is 0 Å². The maximum absolute atomic E-state index is 12.0. The lowest BCUT2D eigenvalue weighted by Gasteiger charge is -2.04. The number of fused-ring (bicyclic) bond motifs is 1. The summed E-state index contributed by atoms with van der Waals surface area (Å²) in [4.78, 5) is 12.0. The van der Waals surface area contributed by atoms with Gasteiger partial charge in [-0.3, -0.25) is 4.79 Å². The summed E-state index contributed by atoms with van der Waals surface area (Å²) in [6, 6.07) is 9.28. The number of hydrogen-bond donors (Lipinski definition) is 1. The van der Waals surface area contributed by atoms with Crippen molar-refractivity contribution in [2.45, 2.75) is 13.5 Å². The predicted molar refractivity (Wildman–Crippen MR) is 79.8 cm³/mol. The van der Waals surface area contributed by atoms with E-state index < -0.39 is 0 Å². The van der Waals surface area contributed by atoms with Crippen molar-refractivity contribution in [2.24, 2.45) is 0 Å². The topological polar surface area (TPSA) is 51.4 Å². The van der Waals surface area contributed by atoms with Crippen LogP contribution in [0.2, 0.25) is 0 Å². The van der Waals surface area contributed by atoms with Crippen LogP contribution in [-0.2, 0) is 11.3 Å². The van der Waals surface area contributed by atoms with Crippen molar-refractivity contribution in [2.75, 3.05) is 12.1 Å². The minimum atomic E-state index is -0.0854. The molecule has 2 aromatic rings. The van der Waals surface area contributed by atoms with Crippen LogP contribution in [0.3, 0.4) is 0 Å². The van der Waals surface area contributed by atoms with Crippen LogP contribution in [0.15, 0.2) is 42.7 Å². The number of rotatable bonds is 3. The van der Waals surface area contributed by atoms with E-state index in [0.29, 0.717) is 17.2 Å². The molecule has 0 bridgehead atoms. The van der Waals surface area contributed by atoms with E-state index in [1.54, 1.807) is 18.2 Å². The Morgan fingerprint density at radius 3 is 2.67 bits per heavy atom. The fraction of sp³-hybridized carbons (Fsp3) is 0.200. The third-order valence-electron chi connectivity index (χ3n) is 3.04. The molecule has 1 N–H and O–H groups in total. The molecule has 21 heavy (non-hydrogen) atoms. The average Bonchev–Trinajstić information content (AvgIpc) is 2.89. The monoisotopic (exact) mass is 307 g/mol. The van der Waals surface area contributed by atoms with Crippen LogP contribution in [0.25, 0.3) is 0 Å². The molecule has 0 saturated heterocycles. The Hall–Kier alpha value is -2.27. The maximum Gasteiger partial charge on any atom is 0.290 e. The summed E-state index contributed by atoms with van der Waals surface area (Å²) in [5.41, 5.74) is 1.87. The summed E-state index contributed by atoms with van der Waals surface area (Å²) in [5.74, 6) is 1.28. The van der Waals surface area contributed by atoms with E-state index >= 15 is 0 Å². The summed E-state index contributed by atoms with van der Waals surface area (Å²) in [5, 5.41) is 2.84. The fourth-order valence-electron chi connectivity index (χ4n) is 1.98. The van der Waals surface area contributed by atoms with Gasteiger partial charge in [-0.05, 0) is 24.6 Å². The lowest BCUT2D eigenvalue weighted by molar-refractivity contribution is -0.684. The molecule has 0 saturated carbocycles. The number of hydrogen-bond acceptors (Lipinski definition) is 3. The number of carbonyl (C=O) groups excluding carboxylic acids is 1. The second-order valence-corrected chi connectivity index (χ2v) is 4.66. The first-order valence-electron chi connectivity index (χ1n) is 6.36. The molecule has 110 valence electrons. The number of anilines is 1. The molecule has 0 radical (unpaired) electrons. The lowest BCUT2D eigenvalue weighted by Crippen LogP contribution is -2.39. The predicted octanol–water partition coefficient (Wildman–Crippen LogP) is 2.07. The molecule has 1 aliphatic heterocycles. The summed E-state index contributed by atoms with van der Waals surface area (Å²) in [6.07, 6.45) is 3.77. The van der Waals surface area contributed by atoms with E-state index in [2.05, 4.69) is 5.32 Å². The van der Waals surface area contributed by atoms with Gasteiger partial charge in [-0.25, -0.2) is 0 Å². The first kappa shape index (κ1) is 15.1. The molecule has 0 unspecified atom stereocenters. The molecular formula is C15H16ClN2O3+. The zero-order valence-electron chi connectivity index (χ0n) is 11.5. The van der Waals surface area contributed by atoms with Crippen LogP contribution >= 0.6 is 12.4 Å². The van der Waals surface area contributed by atoms with Gasteiger partial charge in [0.2, 0.25) is 13.3 Å². The number of pyridine rings is 1. The number of aryl methyl sites for hydroxylation is 1. The smallest absolute Gasteiger partial charge is 0.290 e. The molecule has 1 amide bonds. The van der Waals surface area contributed by atoms with E-state index in [4.69, 9.17) is 9.47 Å². The molecular weight excluding hydrogens is 292 g/mol. The highest BCUT2D eigenvalue weighted by atomic mass is 35.5. The van der Waals surface area contributed by atoms with Gasteiger partial charge < -0.3 is 14.8 Å². The van der Waals surface area contributed by atoms with Crippen LogP contribution in [0, 0.1) is 6.92 Å². The van der Waals surface area contributed by atoms with Gasteiger partial charge in [-0.1, -0.05) is 0 Å². The Balaban J connectivity index is 0.00000161. The number of nitrogens with one attached hydrogen (secondary N) is 1. The van der Waals surface area contributed by atoms with Gasteiger partial charge >= 0.3 is 0 Å². The van der Waals surface area contributed by atoms with Crippen LogP contribution in [-0.4, -0.2) is 12.7 Å². The quantitative estimate of drug-likeness (QED) is 0.883. The average molecular weight is 308 g/mol. The second-order valence-electron chi connectivity index (χ2n) is 4.66. The molecule has 0 aliphatic carbocycles. The summed E-state index contributed by atoms with van der Waals surface area (Å²) in [6.45, 7) is 2.51. The van der Waals surface area contributed by atoms with Gasteiger partial charge in [-0.2, -0.15) is 4.57 Å². The van der Waals surface area contributed by atoms with Crippen molar-refractivity contribution in [3.63, 3.8) is 0 Å². The van der Waals surface area contributed by atoms with E-state index in [0.717, 1.165) is 5.56 Å². The SMILES string of the molecule is Cc1cc[n+](CC(=O)Nc2ccc3c(c2)OCO3)cc1.Cl. The number of amides is 1. The van der Waals surface area contributed by atoms with Gasteiger partial charge in [0.05, 0.1) is 0 Å². The lowest BCUT2D eigenvalue weighted by atomic mass is 10.2. The number of halogens is 1. The van der Waals surface area contributed by atoms with Crippen LogP contribution < -0.4 is 19.4 Å². The van der Waals surface area contributed by atoms with Gasteiger partial charge in [0.25, 0.3) is 5.91 Å². The number of nitrogens with zero attached hydrogens (tertiary/aromatic N) is 1. The van der Waals surface area contributed by atoms with E-state index in [1.807, 2.05) is 36.0 Å². The summed E-state index contributed by atoms with van der Waals surface area (Å²) >= 11 is 0. The van der Waals surface area contributed by atoms with E-state index in [-0.39, 0.29) is 31.7 Å². The zero-order chi connectivity index (χ0) is 13.9. The van der Waals surface area contributed by atoms with Gasteiger partial charge in [0, 0.05) is 23.9 Å². The molecule has 0 atom stereocenters. The molecule has 1 aliphatic rings. The fourth-order valence-corrected chi connectivity index (χ4v) is 1.98. The van der Waals surface area contributed by atoms with Gasteiger partial charge in [-0.15, -0.1) is 12.4 Å². The van der Waals surface area contributed by atoms with Crippen molar-refractivity contribution in [3.05, 3.63) is 48.3 Å².